The number of hydrogen-bond donors (Lipinski definition) is 0. The van der Waals surface area contributed by atoms with Gasteiger partial charge < -0.3 is 9.47 Å². The van der Waals surface area contributed by atoms with Crippen LogP contribution in [0.1, 0.15) is 40.0 Å². The monoisotopic (exact) mass is 238 g/mol. The zero-order valence-corrected chi connectivity index (χ0v) is 11.2. The fraction of sp³-hybridized carbons (Fsp3) is 0.929. The Morgan fingerprint density at radius 2 is 2.18 bits per heavy atom. The molecular weight excluding hydrogens is 216 g/mol. The van der Waals surface area contributed by atoms with E-state index in [1.165, 1.54) is 20.0 Å². The van der Waals surface area contributed by atoms with Crippen molar-refractivity contribution in [1.82, 2.24) is 0 Å². The zero-order chi connectivity index (χ0) is 12.4. The molecule has 3 heteroatoms. The van der Waals surface area contributed by atoms with E-state index in [9.17, 15) is 4.79 Å². The lowest BCUT2D eigenvalue weighted by Crippen LogP contribution is -2.57. The first-order chi connectivity index (χ1) is 7.91. The van der Waals surface area contributed by atoms with Crippen molar-refractivity contribution in [2.24, 2.45) is 23.2 Å². The third-order valence-corrected chi connectivity index (χ3v) is 5.64. The number of esters is 1. The van der Waals surface area contributed by atoms with Crippen molar-refractivity contribution in [2.75, 3.05) is 7.11 Å². The largest absolute Gasteiger partial charge is 0.469 e. The van der Waals surface area contributed by atoms with Crippen molar-refractivity contribution in [3.8, 4) is 0 Å². The first kappa shape index (κ1) is 11.5. The van der Waals surface area contributed by atoms with Gasteiger partial charge in [0, 0.05) is 0 Å². The lowest BCUT2D eigenvalue weighted by molar-refractivity contribution is -0.147. The Balaban J connectivity index is 1.74. The topological polar surface area (TPSA) is 38.8 Å². The first-order valence-corrected chi connectivity index (χ1v) is 6.67. The Hall–Kier alpha value is -0.570. The van der Waals surface area contributed by atoms with Crippen molar-refractivity contribution in [3.63, 3.8) is 0 Å². The summed E-state index contributed by atoms with van der Waals surface area (Å²) in [7, 11) is 1.46. The molecule has 0 unspecified atom stereocenters. The van der Waals surface area contributed by atoms with Gasteiger partial charge >= 0.3 is 5.97 Å². The van der Waals surface area contributed by atoms with Crippen LogP contribution in [0.5, 0.6) is 0 Å². The van der Waals surface area contributed by atoms with Crippen LogP contribution in [0.3, 0.4) is 0 Å². The summed E-state index contributed by atoms with van der Waals surface area (Å²) in [5.41, 5.74) is 0.411. The molecule has 0 aromatic rings. The summed E-state index contributed by atoms with van der Waals surface area (Å²) in [6.07, 6.45) is 3.74. The maximum atomic E-state index is 11.5. The average Bonchev–Trinajstić information content (AvgIpc) is 3.00. The first-order valence-electron chi connectivity index (χ1n) is 6.67. The average molecular weight is 238 g/mol. The molecule has 0 aromatic carbocycles. The lowest BCUT2D eigenvalue weighted by Gasteiger charge is -2.58. The highest BCUT2D eigenvalue weighted by atomic mass is 16.6. The van der Waals surface area contributed by atoms with E-state index < -0.39 is 0 Å². The molecule has 0 amide bonds. The normalized spacial score (nSPS) is 46.5. The molecule has 4 aliphatic rings. The molecule has 1 saturated heterocycles. The van der Waals surface area contributed by atoms with E-state index in [2.05, 4.69) is 13.8 Å². The second-order valence-electron chi connectivity index (χ2n) is 6.73. The molecule has 17 heavy (non-hydrogen) atoms. The van der Waals surface area contributed by atoms with Crippen LogP contribution in [0, 0.1) is 23.2 Å². The van der Waals surface area contributed by atoms with Crippen LogP contribution in [0.4, 0.5) is 0 Å². The predicted molar refractivity (Wildman–Crippen MR) is 63.4 cm³/mol. The Bertz CT molecular complexity index is 362. The Labute approximate surface area is 103 Å². The fourth-order valence-electron chi connectivity index (χ4n) is 4.37. The minimum atomic E-state index is -0.104. The molecule has 1 heterocycles. The maximum Gasteiger partial charge on any atom is 0.308 e. The van der Waals surface area contributed by atoms with Gasteiger partial charge in [-0.15, -0.1) is 0 Å². The fourth-order valence-corrected chi connectivity index (χ4v) is 4.37. The Morgan fingerprint density at radius 1 is 1.47 bits per heavy atom. The number of hydrogen-bond acceptors (Lipinski definition) is 3. The van der Waals surface area contributed by atoms with Gasteiger partial charge in [-0.25, -0.2) is 0 Å². The predicted octanol–water partition coefficient (Wildman–Crippen LogP) is 2.39. The summed E-state index contributed by atoms with van der Waals surface area (Å²) in [6, 6.07) is 0. The summed E-state index contributed by atoms with van der Waals surface area (Å²) in [6.45, 7) is 6.67. The van der Waals surface area contributed by atoms with E-state index in [0.29, 0.717) is 17.4 Å². The van der Waals surface area contributed by atoms with E-state index >= 15 is 0 Å². The SMILES string of the molecule is COC(=O)[C@H](C)C[C@]12O[C@H]1C[C@H]1C[C@@H]2C1(C)C. The maximum absolute atomic E-state index is 11.5. The molecule has 4 rings (SSSR count). The summed E-state index contributed by atoms with van der Waals surface area (Å²) in [5, 5.41) is 0. The van der Waals surface area contributed by atoms with Crippen molar-refractivity contribution in [2.45, 2.75) is 51.7 Å². The molecule has 0 spiro atoms. The minimum absolute atomic E-state index is 0.00581. The third-order valence-electron chi connectivity index (χ3n) is 5.64. The highest BCUT2D eigenvalue weighted by molar-refractivity contribution is 5.72. The molecular formula is C14H22O3. The number of rotatable bonds is 3. The second-order valence-corrected chi connectivity index (χ2v) is 6.73. The van der Waals surface area contributed by atoms with E-state index in [4.69, 9.17) is 9.47 Å². The molecule has 5 atom stereocenters. The highest BCUT2D eigenvalue weighted by Gasteiger charge is 2.74. The quantitative estimate of drug-likeness (QED) is 0.560. The van der Waals surface area contributed by atoms with Gasteiger partial charge in [0.15, 0.2) is 0 Å². The molecule has 0 N–H and O–H groups in total. The number of carbonyl (C=O) groups excluding carboxylic acids is 1. The second kappa shape index (κ2) is 3.25. The number of carbonyl (C=O) groups is 1. The van der Waals surface area contributed by atoms with Crippen LogP contribution in [0.2, 0.25) is 0 Å². The molecule has 2 bridgehead atoms. The van der Waals surface area contributed by atoms with Gasteiger partial charge in [0.25, 0.3) is 0 Å². The van der Waals surface area contributed by atoms with E-state index in [1.807, 2.05) is 6.92 Å². The smallest absolute Gasteiger partial charge is 0.308 e. The summed E-state index contributed by atoms with van der Waals surface area (Å²) >= 11 is 0. The molecule has 0 radical (unpaired) electrons. The van der Waals surface area contributed by atoms with E-state index in [0.717, 1.165) is 12.3 Å². The van der Waals surface area contributed by atoms with Crippen molar-refractivity contribution < 1.29 is 14.3 Å². The van der Waals surface area contributed by atoms with Gasteiger partial charge in [0.2, 0.25) is 0 Å². The molecule has 0 aromatic heterocycles. The van der Waals surface area contributed by atoms with Crippen molar-refractivity contribution in [1.29, 1.82) is 0 Å². The number of methoxy groups -OCH3 is 1. The van der Waals surface area contributed by atoms with Crippen LogP contribution in [0.15, 0.2) is 0 Å². The van der Waals surface area contributed by atoms with E-state index in [1.54, 1.807) is 0 Å². The number of epoxide rings is 1. The summed E-state index contributed by atoms with van der Waals surface area (Å²) < 4.78 is 10.8. The molecule has 96 valence electrons. The summed E-state index contributed by atoms with van der Waals surface area (Å²) in [4.78, 5) is 11.5. The van der Waals surface area contributed by atoms with Crippen LogP contribution in [-0.4, -0.2) is 24.8 Å². The molecule has 3 saturated carbocycles. The van der Waals surface area contributed by atoms with Gasteiger partial charge in [-0.05, 0) is 36.5 Å². The van der Waals surface area contributed by atoms with Crippen LogP contribution < -0.4 is 0 Å². The van der Waals surface area contributed by atoms with Gasteiger partial charge in [-0.3, -0.25) is 4.79 Å². The van der Waals surface area contributed by atoms with Crippen molar-refractivity contribution in [3.05, 3.63) is 0 Å². The van der Waals surface area contributed by atoms with Crippen LogP contribution in [0.25, 0.3) is 0 Å². The van der Waals surface area contributed by atoms with Gasteiger partial charge in [0.1, 0.15) is 0 Å². The number of ether oxygens (including phenoxy) is 2. The Kier molecular flexibility index (Phi) is 2.20. The zero-order valence-electron chi connectivity index (χ0n) is 11.2. The van der Waals surface area contributed by atoms with Crippen LogP contribution >= 0.6 is 0 Å². The lowest BCUT2D eigenvalue weighted by atomic mass is 9.45. The Morgan fingerprint density at radius 3 is 2.76 bits per heavy atom. The highest BCUT2D eigenvalue weighted by Crippen LogP contribution is 2.71. The molecule has 1 aliphatic heterocycles. The molecule has 3 nitrogen and oxygen atoms in total. The van der Waals surface area contributed by atoms with Gasteiger partial charge in [0.05, 0.1) is 24.7 Å². The van der Waals surface area contributed by atoms with E-state index in [-0.39, 0.29) is 17.5 Å². The van der Waals surface area contributed by atoms with Gasteiger partial charge in [-0.2, -0.15) is 0 Å². The standard InChI is InChI=1S/C14H22O3/c1-8(12(15)16-4)7-14-10-5-9(13(10,2)3)6-11(14)17-14/h8-11H,5-7H2,1-4H3/t8-,9-,10-,11+,14-/m1/s1. The third kappa shape index (κ3) is 1.35. The molecule has 3 aliphatic carbocycles. The van der Waals surface area contributed by atoms with Crippen molar-refractivity contribution >= 4 is 5.97 Å². The van der Waals surface area contributed by atoms with Gasteiger partial charge in [-0.1, -0.05) is 20.8 Å². The van der Waals surface area contributed by atoms with Crippen LogP contribution in [-0.2, 0) is 14.3 Å². The molecule has 4 fully saturated rings. The summed E-state index contributed by atoms with van der Waals surface area (Å²) in [5.74, 6) is 1.33. The minimum Gasteiger partial charge on any atom is -0.469 e.